The molecule has 0 aromatic heterocycles. The van der Waals surface area contributed by atoms with E-state index in [9.17, 15) is 19.2 Å². The number of nitrogens with one attached hydrogen (secondary N) is 2. The second-order valence-electron chi connectivity index (χ2n) is 12.2. The fourth-order valence-corrected chi connectivity index (χ4v) is 4.89. The van der Waals surface area contributed by atoms with Gasteiger partial charge in [0.2, 0.25) is 11.8 Å². The Labute approximate surface area is 248 Å². The highest BCUT2D eigenvalue weighted by atomic mass is 35.5. The first kappa shape index (κ1) is 33.6. The van der Waals surface area contributed by atoms with Crippen LogP contribution in [0.3, 0.4) is 0 Å². The molecule has 2 rings (SSSR count). The average Bonchev–Trinajstić information content (AvgIpc) is 2.80. The van der Waals surface area contributed by atoms with Crippen LogP contribution in [-0.4, -0.2) is 45.9 Å². The van der Waals surface area contributed by atoms with E-state index in [4.69, 9.17) is 22.1 Å². The van der Waals surface area contributed by atoms with Gasteiger partial charge in [-0.1, -0.05) is 41.9 Å². The summed E-state index contributed by atoms with van der Waals surface area (Å²) in [5.41, 5.74) is 7.11. The summed E-state index contributed by atoms with van der Waals surface area (Å²) in [4.78, 5) is 54.6. The third-order valence-corrected chi connectivity index (χ3v) is 6.74. The maximum Gasteiger partial charge on any atom is 0.408 e. The van der Waals surface area contributed by atoms with Gasteiger partial charge in [-0.3, -0.25) is 14.4 Å². The number of anilines is 1. The Morgan fingerprint density at radius 3 is 1.95 bits per heavy atom. The van der Waals surface area contributed by atoms with Crippen LogP contribution in [0.4, 0.5) is 10.5 Å². The number of carbonyl (C=O) groups is 4. The minimum absolute atomic E-state index is 0.0787. The van der Waals surface area contributed by atoms with Gasteiger partial charge in [0.1, 0.15) is 17.7 Å². The third-order valence-electron chi connectivity index (χ3n) is 6.42. The molecule has 224 valence electrons. The average molecular weight is 587 g/mol. The zero-order valence-corrected chi connectivity index (χ0v) is 26.2. The zero-order chi connectivity index (χ0) is 31.3. The lowest BCUT2D eigenvalue weighted by Crippen LogP contribution is -2.58. The van der Waals surface area contributed by atoms with Crippen LogP contribution < -0.4 is 16.4 Å². The highest BCUT2D eigenvalue weighted by Crippen LogP contribution is 2.36. The monoisotopic (exact) mass is 586 g/mol. The molecular formula is C31H43ClN4O5. The van der Waals surface area contributed by atoms with E-state index in [0.717, 1.165) is 16.7 Å². The topological polar surface area (TPSA) is 131 Å². The Hall–Kier alpha value is -3.59. The number of aryl methyl sites for hydroxylation is 3. The molecule has 4 amide bonds. The van der Waals surface area contributed by atoms with Crippen molar-refractivity contribution in [3.05, 3.63) is 63.7 Å². The number of rotatable bonds is 9. The predicted octanol–water partition coefficient (Wildman–Crippen LogP) is 5.73. The maximum absolute atomic E-state index is 14.4. The summed E-state index contributed by atoms with van der Waals surface area (Å²) in [6, 6.07) is 8.60. The van der Waals surface area contributed by atoms with E-state index in [1.807, 2.05) is 45.0 Å². The van der Waals surface area contributed by atoms with Gasteiger partial charge in [-0.2, -0.15) is 0 Å². The van der Waals surface area contributed by atoms with Gasteiger partial charge in [0.15, 0.2) is 0 Å². The number of nitrogens with zero attached hydrogens (tertiary/aromatic N) is 1. The first-order valence-corrected chi connectivity index (χ1v) is 13.9. The smallest absolute Gasteiger partial charge is 0.408 e. The van der Waals surface area contributed by atoms with Crippen molar-refractivity contribution in [1.82, 2.24) is 10.2 Å². The van der Waals surface area contributed by atoms with E-state index in [1.54, 1.807) is 53.7 Å². The lowest BCUT2D eigenvalue weighted by atomic mass is 9.89. The number of halogens is 1. The molecule has 0 saturated heterocycles. The molecule has 0 saturated carbocycles. The van der Waals surface area contributed by atoms with E-state index in [1.165, 1.54) is 4.90 Å². The Kier molecular flexibility index (Phi) is 11.0. The molecule has 10 heteroatoms. The summed E-state index contributed by atoms with van der Waals surface area (Å²) in [7, 11) is 0. The maximum atomic E-state index is 14.4. The summed E-state index contributed by atoms with van der Waals surface area (Å²) in [6.07, 6.45) is -1.07. The Bertz CT molecular complexity index is 1260. The molecule has 0 spiro atoms. The molecule has 0 radical (unpaired) electrons. The number of benzene rings is 2. The van der Waals surface area contributed by atoms with Gasteiger partial charge < -0.3 is 26.0 Å². The van der Waals surface area contributed by atoms with Crippen LogP contribution in [0, 0.1) is 20.8 Å². The molecular weight excluding hydrogens is 544 g/mol. The first-order valence-electron chi connectivity index (χ1n) is 13.6. The molecule has 0 aliphatic rings. The normalized spacial score (nSPS) is 13.1. The number of alkyl carbamates (subject to hydrolysis) is 1. The molecule has 0 aliphatic heterocycles. The highest BCUT2D eigenvalue weighted by Gasteiger charge is 2.43. The molecule has 0 aliphatic carbocycles. The molecule has 2 unspecified atom stereocenters. The van der Waals surface area contributed by atoms with E-state index < -0.39 is 47.0 Å². The lowest BCUT2D eigenvalue weighted by molar-refractivity contribution is -0.147. The fourth-order valence-electron chi connectivity index (χ4n) is 4.62. The van der Waals surface area contributed by atoms with Crippen LogP contribution in [0.5, 0.6) is 0 Å². The second kappa shape index (κ2) is 13.4. The van der Waals surface area contributed by atoms with Crippen LogP contribution in [0.25, 0.3) is 0 Å². The van der Waals surface area contributed by atoms with Crippen molar-refractivity contribution in [2.24, 2.45) is 5.73 Å². The number of nitrogens with two attached hydrogens (primary N) is 1. The summed E-state index contributed by atoms with van der Waals surface area (Å²) < 4.78 is 5.40. The number of carbonyl (C=O) groups excluding carboxylic acids is 4. The largest absolute Gasteiger partial charge is 0.444 e. The lowest BCUT2D eigenvalue weighted by Gasteiger charge is -2.43. The van der Waals surface area contributed by atoms with E-state index in [-0.39, 0.29) is 12.8 Å². The fraction of sp³-hybridized carbons (Fsp3) is 0.484. The Morgan fingerprint density at radius 2 is 1.46 bits per heavy atom. The second-order valence-corrected chi connectivity index (χ2v) is 12.6. The van der Waals surface area contributed by atoms with E-state index >= 15 is 0 Å². The summed E-state index contributed by atoms with van der Waals surface area (Å²) in [5, 5.41) is 5.92. The van der Waals surface area contributed by atoms with Gasteiger partial charge in [0.25, 0.3) is 5.91 Å². The van der Waals surface area contributed by atoms with Crippen LogP contribution in [0.1, 0.15) is 82.7 Å². The van der Waals surface area contributed by atoms with Gasteiger partial charge in [0.05, 0.1) is 10.7 Å². The minimum atomic E-state index is -1.20. The number of amides is 4. The zero-order valence-electron chi connectivity index (χ0n) is 25.5. The van der Waals surface area contributed by atoms with E-state index in [2.05, 4.69) is 10.6 Å². The van der Waals surface area contributed by atoms with Crippen LogP contribution in [0.2, 0.25) is 5.02 Å². The number of primary amides is 1. The van der Waals surface area contributed by atoms with Crippen molar-refractivity contribution in [3.63, 3.8) is 0 Å². The first-order chi connectivity index (χ1) is 18.8. The molecule has 41 heavy (non-hydrogen) atoms. The van der Waals surface area contributed by atoms with Gasteiger partial charge in [-0.25, -0.2) is 4.79 Å². The standard InChI is InChI=1S/C31H43ClN4O5/c1-18-12-10-13-19(2)24(18)26(27(38)35-25-20(3)14-11-15-21(25)32)36(30(4,5)6)28(39)22(16-17-23(33)37)34-29(40)41-31(7,8)9/h10-15,22,26H,16-17H2,1-9H3,(H2,33,37)(H,34,40)(H,35,38). The molecule has 2 aromatic carbocycles. The molecule has 9 nitrogen and oxygen atoms in total. The van der Waals surface area contributed by atoms with Gasteiger partial charge in [0, 0.05) is 12.0 Å². The van der Waals surface area contributed by atoms with Crippen LogP contribution >= 0.6 is 11.6 Å². The summed E-state index contributed by atoms with van der Waals surface area (Å²) in [5.74, 6) is -1.68. The number of hydrogen-bond acceptors (Lipinski definition) is 5. The number of para-hydroxylation sites is 1. The number of ether oxygens (including phenoxy) is 1. The Balaban J connectivity index is 2.71. The molecule has 0 bridgehead atoms. The van der Waals surface area contributed by atoms with Gasteiger partial charge in [-0.05, 0) is 97.1 Å². The quantitative estimate of drug-likeness (QED) is 0.345. The Morgan fingerprint density at radius 1 is 0.927 bits per heavy atom. The molecule has 2 atom stereocenters. The molecule has 4 N–H and O–H groups in total. The number of hydrogen-bond donors (Lipinski definition) is 3. The molecule has 2 aromatic rings. The van der Waals surface area contributed by atoms with E-state index in [0.29, 0.717) is 16.3 Å². The molecule has 0 heterocycles. The predicted molar refractivity (Wildman–Crippen MR) is 162 cm³/mol. The van der Waals surface area contributed by atoms with Crippen molar-refractivity contribution in [2.45, 2.75) is 98.4 Å². The SMILES string of the molecule is Cc1cccc(Cl)c1NC(=O)C(c1c(C)cccc1C)N(C(=O)C(CCC(N)=O)NC(=O)OC(C)(C)C)C(C)(C)C. The summed E-state index contributed by atoms with van der Waals surface area (Å²) >= 11 is 6.45. The van der Waals surface area contributed by atoms with Crippen molar-refractivity contribution in [1.29, 1.82) is 0 Å². The van der Waals surface area contributed by atoms with Gasteiger partial charge in [-0.15, -0.1) is 0 Å². The van der Waals surface area contributed by atoms with Crippen molar-refractivity contribution < 1.29 is 23.9 Å². The van der Waals surface area contributed by atoms with Crippen molar-refractivity contribution in [2.75, 3.05) is 5.32 Å². The van der Waals surface area contributed by atoms with Crippen molar-refractivity contribution >= 4 is 41.1 Å². The van der Waals surface area contributed by atoms with Crippen LogP contribution in [0.15, 0.2) is 36.4 Å². The van der Waals surface area contributed by atoms with Crippen molar-refractivity contribution in [3.8, 4) is 0 Å². The third kappa shape index (κ3) is 9.21. The minimum Gasteiger partial charge on any atom is -0.444 e. The summed E-state index contributed by atoms with van der Waals surface area (Å²) in [6.45, 7) is 16.1. The van der Waals surface area contributed by atoms with Crippen LogP contribution in [-0.2, 0) is 19.1 Å². The van der Waals surface area contributed by atoms with Gasteiger partial charge >= 0.3 is 6.09 Å². The molecule has 0 fully saturated rings. The highest BCUT2D eigenvalue weighted by molar-refractivity contribution is 6.34.